The number of rotatable bonds is 5. The Morgan fingerprint density at radius 2 is 1.29 bits per heavy atom. The van der Waals surface area contributed by atoms with Crippen LogP contribution in [0.15, 0.2) is 48.5 Å². The molecule has 150 valence electrons. The van der Waals surface area contributed by atoms with Gasteiger partial charge in [0, 0.05) is 0 Å². The van der Waals surface area contributed by atoms with Crippen molar-refractivity contribution in [3.63, 3.8) is 0 Å². The molecule has 0 bridgehead atoms. The predicted molar refractivity (Wildman–Crippen MR) is 116 cm³/mol. The van der Waals surface area contributed by atoms with E-state index in [1.54, 1.807) is 0 Å². The van der Waals surface area contributed by atoms with Crippen molar-refractivity contribution in [2.24, 2.45) is 5.92 Å². The maximum atomic E-state index is 5.99. The Balaban J connectivity index is 1.38. The van der Waals surface area contributed by atoms with Gasteiger partial charge in [-0.1, -0.05) is 68.8 Å². The van der Waals surface area contributed by atoms with Gasteiger partial charge in [0.15, 0.2) is 0 Å². The minimum atomic E-state index is 0.0671. The molecule has 0 amide bonds. The quantitative estimate of drug-likeness (QED) is 0.563. The standard InChI is InChI=1S/C26H34O2/c1-3-19-5-7-20(8-6-19)21-9-11-22(12-10-21)23-13-15-24(16-14-23)26-18-27-25(4-2)17-28-26/h9-16,19-20,25-26H,3-8,17-18H2,1-2H3/t19?,20?,25-,26-/m0/s1. The summed E-state index contributed by atoms with van der Waals surface area (Å²) in [6.07, 6.45) is 8.19. The van der Waals surface area contributed by atoms with E-state index in [0.29, 0.717) is 13.2 Å². The van der Waals surface area contributed by atoms with Gasteiger partial charge < -0.3 is 9.47 Å². The summed E-state index contributed by atoms with van der Waals surface area (Å²) in [5.41, 5.74) is 5.30. The molecular formula is C26H34O2. The zero-order chi connectivity index (χ0) is 19.3. The summed E-state index contributed by atoms with van der Waals surface area (Å²) in [4.78, 5) is 0. The molecule has 2 aromatic rings. The summed E-state index contributed by atoms with van der Waals surface area (Å²) >= 11 is 0. The van der Waals surface area contributed by atoms with Crippen LogP contribution >= 0.6 is 0 Å². The summed E-state index contributed by atoms with van der Waals surface area (Å²) in [6, 6.07) is 18.1. The highest BCUT2D eigenvalue weighted by atomic mass is 16.6. The van der Waals surface area contributed by atoms with Gasteiger partial charge in [-0.3, -0.25) is 0 Å². The van der Waals surface area contributed by atoms with Gasteiger partial charge in [0.2, 0.25) is 0 Å². The number of benzene rings is 2. The van der Waals surface area contributed by atoms with Crippen molar-refractivity contribution < 1.29 is 9.47 Å². The average Bonchev–Trinajstić information content (AvgIpc) is 2.79. The van der Waals surface area contributed by atoms with Crippen LogP contribution in [0.5, 0.6) is 0 Å². The fraction of sp³-hybridized carbons (Fsp3) is 0.538. The van der Waals surface area contributed by atoms with E-state index in [-0.39, 0.29) is 12.2 Å². The third kappa shape index (κ3) is 4.50. The summed E-state index contributed by atoms with van der Waals surface area (Å²) < 4.78 is 11.9. The van der Waals surface area contributed by atoms with Gasteiger partial charge in [-0.2, -0.15) is 0 Å². The van der Waals surface area contributed by atoms with Gasteiger partial charge in [-0.25, -0.2) is 0 Å². The lowest BCUT2D eigenvalue weighted by Gasteiger charge is -2.29. The Morgan fingerprint density at radius 1 is 0.679 bits per heavy atom. The number of ether oxygens (including phenoxy) is 2. The van der Waals surface area contributed by atoms with Crippen molar-refractivity contribution in [3.05, 3.63) is 59.7 Å². The predicted octanol–water partition coefficient (Wildman–Crippen LogP) is 6.90. The molecule has 0 N–H and O–H groups in total. The minimum Gasteiger partial charge on any atom is -0.373 e. The second-order valence-corrected chi connectivity index (χ2v) is 8.56. The van der Waals surface area contributed by atoms with E-state index < -0.39 is 0 Å². The first-order valence-corrected chi connectivity index (χ1v) is 11.2. The number of hydrogen-bond acceptors (Lipinski definition) is 2. The Bertz CT molecular complexity index is 653. The number of hydrogen-bond donors (Lipinski definition) is 0. The molecule has 0 radical (unpaired) electrons. The van der Waals surface area contributed by atoms with Crippen molar-refractivity contribution in [1.29, 1.82) is 0 Å². The van der Waals surface area contributed by atoms with Crippen molar-refractivity contribution >= 4 is 0 Å². The fourth-order valence-electron chi connectivity index (χ4n) is 4.71. The van der Waals surface area contributed by atoms with Gasteiger partial charge in [-0.15, -0.1) is 0 Å². The monoisotopic (exact) mass is 378 g/mol. The van der Waals surface area contributed by atoms with E-state index >= 15 is 0 Å². The van der Waals surface area contributed by atoms with Crippen LogP contribution in [0.2, 0.25) is 0 Å². The smallest absolute Gasteiger partial charge is 0.106 e. The molecule has 2 fully saturated rings. The molecule has 2 atom stereocenters. The normalized spacial score (nSPS) is 28.2. The first-order chi connectivity index (χ1) is 13.8. The van der Waals surface area contributed by atoms with Crippen molar-refractivity contribution in [2.45, 2.75) is 70.5 Å². The molecule has 0 spiro atoms. The van der Waals surface area contributed by atoms with Gasteiger partial charge in [0.25, 0.3) is 0 Å². The van der Waals surface area contributed by atoms with E-state index in [2.05, 4.69) is 62.4 Å². The van der Waals surface area contributed by atoms with Crippen LogP contribution in [-0.2, 0) is 9.47 Å². The van der Waals surface area contributed by atoms with Crippen LogP contribution in [0.1, 0.15) is 75.5 Å². The molecule has 1 aliphatic heterocycles. The lowest BCUT2D eigenvalue weighted by Crippen LogP contribution is -2.30. The summed E-state index contributed by atoms with van der Waals surface area (Å²) in [5.74, 6) is 1.72. The molecule has 2 heteroatoms. The van der Waals surface area contributed by atoms with Crippen LogP contribution in [0.25, 0.3) is 11.1 Å². The largest absolute Gasteiger partial charge is 0.373 e. The molecule has 28 heavy (non-hydrogen) atoms. The second kappa shape index (κ2) is 9.24. The van der Waals surface area contributed by atoms with E-state index in [9.17, 15) is 0 Å². The lowest BCUT2D eigenvalue weighted by molar-refractivity contribution is -0.135. The van der Waals surface area contributed by atoms with Gasteiger partial charge in [-0.05, 0) is 66.2 Å². The van der Waals surface area contributed by atoms with Gasteiger partial charge >= 0.3 is 0 Å². The first kappa shape index (κ1) is 19.7. The molecule has 0 unspecified atom stereocenters. The second-order valence-electron chi connectivity index (χ2n) is 8.56. The Kier molecular flexibility index (Phi) is 6.49. The van der Waals surface area contributed by atoms with Crippen LogP contribution in [0.4, 0.5) is 0 Å². The van der Waals surface area contributed by atoms with E-state index in [4.69, 9.17) is 9.47 Å². The van der Waals surface area contributed by atoms with Crippen LogP contribution in [-0.4, -0.2) is 19.3 Å². The maximum Gasteiger partial charge on any atom is 0.106 e. The molecule has 0 aromatic heterocycles. The van der Waals surface area contributed by atoms with Crippen LogP contribution in [0.3, 0.4) is 0 Å². The molecule has 2 aliphatic rings. The van der Waals surface area contributed by atoms with E-state index in [0.717, 1.165) is 18.3 Å². The highest BCUT2D eigenvalue weighted by Gasteiger charge is 2.23. The Labute approximate surface area is 170 Å². The van der Waals surface area contributed by atoms with Crippen molar-refractivity contribution in [2.75, 3.05) is 13.2 Å². The molecular weight excluding hydrogens is 344 g/mol. The highest BCUT2D eigenvalue weighted by molar-refractivity contribution is 5.64. The SMILES string of the molecule is CCC1CCC(c2ccc(-c3ccc([C@@H]4CO[C@@H](CC)CO4)cc3)cc2)CC1. The highest BCUT2D eigenvalue weighted by Crippen LogP contribution is 2.37. The first-order valence-electron chi connectivity index (χ1n) is 11.2. The van der Waals surface area contributed by atoms with Gasteiger partial charge in [0.05, 0.1) is 19.3 Å². The van der Waals surface area contributed by atoms with Crippen LogP contribution < -0.4 is 0 Å². The summed E-state index contributed by atoms with van der Waals surface area (Å²) in [6.45, 7) is 5.84. The average molecular weight is 379 g/mol. The third-order valence-electron chi connectivity index (χ3n) is 6.84. The molecule has 2 aromatic carbocycles. The zero-order valence-electron chi connectivity index (χ0n) is 17.4. The molecule has 1 saturated carbocycles. The van der Waals surface area contributed by atoms with E-state index in [1.807, 2.05) is 0 Å². The Hall–Kier alpha value is -1.64. The van der Waals surface area contributed by atoms with Crippen LogP contribution in [0, 0.1) is 5.92 Å². The summed E-state index contributed by atoms with van der Waals surface area (Å²) in [7, 11) is 0. The molecule has 1 aliphatic carbocycles. The minimum absolute atomic E-state index is 0.0671. The molecule has 2 nitrogen and oxygen atoms in total. The van der Waals surface area contributed by atoms with E-state index in [1.165, 1.54) is 54.4 Å². The fourth-order valence-corrected chi connectivity index (χ4v) is 4.71. The van der Waals surface area contributed by atoms with Crippen molar-refractivity contribution in [3.8, 4) is 11.1 Å². The van der Waals surface area contributed by atoms with Gasteiger partial charge in [0.1, 0.15) is 6.10 Å². The Morgan fingerprint density at radius 3 is 1.79 bits per heavy atom. The molecule has 4 rings (SSSR count). The zero-order valence-corrected chi connectivity index (χ0v) is 17.4. The third-order valence-corrected chi connectivity index (χ3v) is 6.84. The molecule has 1 saturated heterocycles. The maximum absolute atomic E-state index is 5.99. The topological polar surface area (TPSA) is 18.5 Å². The lowest BCUT2D eigenvalue weighted by atomic mass is 9.77. The van der Waals surface area contributed by atoms with Crippen molar-refractivity contribution in [1.82, 2.24) is 0 Å². The summed E-state index contributed by atoms with van der Waals surface area (Å²) in [5, 5.41) is 0. The molecule has 1 heterocycles.